The second-order valence-corrected chi connectivity index (χ2v) is 7.33. The van der Waals surface area contributed by atoms with Gasteiger partial charge >= 0.3 is 0 Å². The summed E-state index contributed by atoms with van der Waals surface area (Å²) in [5.41, 5.74) is 6.83. The molecule has 3 N–H and O–H groups in total. The highest BCUT2D eigenvalue weighted by Gasteiger charge is 2.36. The molecule has 1 aliphatic rings. The normalized spacial score (nSPS) is 23.2. The van der Waals surface area contributed by atoms with E-state index in [4.69, 9.17) is 10.2 Å². The Hall–Kier alpha value is -1.56. The average molecular weight is 366 g/mol. The van der Waals surface area contributed by atoms with Gasteiger partial charge in [0.15, 0.2) is 0 Å². The molecule has 2 heterocycles. The smallest absolute Gasteiger partial charge is 0.237 e. The van der Waals surface area contributed by atoms with Crippen LogP contribution in [0, 0.1) is 5.41 Å². The molecular weight excluding hydrogens is 338 g/mol. The van der Waals surface area contributed by atoms with Gasteiger partial charge in [-0.25, -0.2) is 0 Å². The van der Waals surface area contributed by atoms with Crippen molar-refractivity contribution in [2.75, 3.05) is 19.6 Å². The highest BCUT2D eigenvalue weighted by molar-refractivity contribution is 5.85. The van der Waals surface area contributed by atoms with E-state index >= 15 is 0 Å². The number of hydrogen-bond acceptors (Lipinski definition) is 4. The fourth-order valence-corrected chi connectivity index (χ4v) is 3.35. The molecular formula is C19H28ClN3O2. The number of hydrogen-bond donors (Lipinski definition) is 2. The molecule has 0 radical (unpaired) electrons. The zero-order valence-electron chi connectivity index (χ0n) is 15.1. The number of nitrogens with one attached hydrogen (secondary N) is 1. The maximum atomic E-state index is 12.6. The molecule has 0 spiro atoms. The van der Waals surface area contributed by atoms with Crippen LogP contribution in [0.4, 0.5) is 0 Å². The van der Waals surface area contributed by atoms with Crippen LogP contribution in [0.15, 0.2) is 34.7 Å². The molecule has 138 valence electrons. The standard InChI is InChI=1S/C19H27N3O2.ClH/c1-13(17-10-15-6-4-5-7-16(15)24-17)21-18(23)14(2)22-9-8-19(3,11-20)12-22;/h4-7,10,13-14H,8-9,11-12,20H2,1-3H3,(H,21,23);1H. The number of amides is 1. The lowest BCUT2D eigenvalue weighted by atomic mass is 9.90. The fourth-order valence-electron chi connectivity index (χ4n) is 3.35. The minimum absolute atomic E-state index is 0. The molecule has 5 nitrogen and oxygen atoms in total. The number of nitrogens with two attached hydrogens (primary N) is 1. The second kappa shape index (κ2) is 7.77. The number of likely N-dealkylation sites (tertiary alicyclic amines) is 1. The molecule has 3 unspecified atom stereocenters. The molecule has 0 bridgehead atoms. The summed E-state index contributed by atoms with van der Waals surface area (Å²) in [6.07, 6.45) is 1.04. The maximum Gasteiger partial charge on any atom is 0.237 e. The molecule has 1 aliphatic heterocycles. The average Bonchev–Trinajstić information content (AvgIpc) is 3.18. The Bertz CT molecular complexity index is 699. The second-order valence-electron chi connectivity index (χ2n) is 7.33. The molecule has 6 heteroatoms. The van der Waals surface area contributed by atoms with E-state index < -0.39 is 0 Å². The van der Waals surface area contributed by atoms with Crippen molar-refractivity contribution in [1.29, 1.82) is 0 Å². The Balaban J connectivity index is 0.00000225. The molecule has 3 rings (SSSR count). The van der Waals surface area contributed by atoms with Gasteiger partial charge in [-0.05, 0) is 50.9 Å². The van der Waals surface area contributed by atoms with Gasteiger partial charge in [0.2, 0.25) is 5.91 Å². The van der Waals surface area contributed by atoms with Crippen LogP contribution in [0.25, 0.3) is 11.0 Å². The number of carbonyl (C=O) groups is 1. The third-order valence-electron chi connectivity index (χ3n) is 5.24. The predicted molar refractivity (Wildman–Crippen MR) is 103 cm³/mol. The van der Waals surface area contributed by atoms with E-state index in [-0.39, 0.29) is 35.8 Å². The Morgan fingerprint density at radius 3 is 2.76 bits per heavy atom. The third kappa shape index (κ3) is 4.17. The van der Waals surface area contributed by atoms with E-state index in [9.17, 15) is 4.79 Å². The first kappa shape index (κ1) is 19.8. The van der Waals surface area contributed by atoms with Crippen molar-refractivity contribution >= 4 is 29.3 Å². The van der Waals surface area contributed by atoms with Crippen molar-refractivity contribution in [3.63, 3.8) is 0 Å². The van der Waals surface area contributed by atoms with E-state index in [2.05, 4.69) is 17.1 Å². The minimum atomic E-state index is -0.162. The zero-order valence-corrected chi connectivity index (χ0v) is 15.9. The molecule has 1 aromatic heterocycles. The maximum absolute atomic E-state index is 12.6. The SMILES string of the molecule is CC(NC(=O)C(C)N1CCC(C)(CN)C1)c1cc2ccccc2o1.Cl. The molecule has 3 atom stereocenters. The monoisotopic (exact) mass is 365 g/mol. The Kier molecular flexibility index (Phi) is 6.14. The van der Waals surface area contributed by atoms with E-state index in [0.717, 1.165) is 36.2 Å². The van der Waals surface area contributed by atoms with Gasteiger partial charge in [0.1, 0.15) is 11.3 Å². The highest BCUT2D eigenvalue weighted by Crippen LogP contribution is 2.30. The first-order chi connectivity index (χ1) is 11.4. The van der Waals surface area contributed by atoms with Crippen LogP contribution in [0.1, 0.15) is 39.0 Å². The summed E-state index contributed by atoms with van der Waals surface area (Å²) in [5, 5.41) is 4.13. The Morgan fingerprint density at radius 1 is 1.40 bits per heavy atom. The molecule has 1 fully saturated rings. The zero-order chi connectivity index (χ0) is 17.3. The molecule has 2 aromatic rings. The first-order valence-electron chi connectivity index (χ1n) is 8.65. The van der Waals surface area contributed by atoms with E-state index in [1.165, 1.54) is 0 Å². The number of furan rings is 1. The summed E-state index contributed by atoms with van der Waals surface area (Å²) in [7, 11) is 0. The van der Waals surface area contributed by atoms with Gasteiger partial charge in [-0.1, -0.05) is 25.1 Å². The summed E-state index contributed by atoms with van der Waals surface area (Å²) in [6.45, 7) is 8.56. The fraction of sp³-hybridized carbons (Fsp3) is 0.526. The lowest BCUT2D eigenvalue weighted by molar-refractivity contribution is -0.126. The van der Waals surface area contributed by atoms with Crippen LogP contribution in [0.3, 0.4) is 0 Å². The van der Waals surface area contributed by atoms with Crippen molar-refractivity contribution < 1.29 is 9.21 Å². The lowest BCUT2D eigenvalue weighted by Crippen LogP contribution is -2.45. The van der Waals surface area contributed by atoms with Crippen molar-refractivity contribution in [2.24, 2.45) is 11.1 Å². The molecule has 0 aliphatic carbocycles. The highest BCUT2D eigenvalue weighted by atomic mass is 35.5. The Morgan fingerprint density at radius 2 is 2.12 bits per heavy atom. The number of rotatable bonds is 5. The van der Waals surface area contributed by atoms with Gasteiger partial charge in [0, 0.05) is 11.9 Å². The molecule has 0 saturated carbocycles. The van der Waals surface area contributed by atoms with Gasteiger partial charge in [-0.2, -0.15) is 0 Å². The van der Waals surface area contributed by atoms with Crippen LogP contribution in [0.5, 0.6) is 0 Å². The molecule has 25 heavy (non-hydrogen) atoms. The van der Waals surface area contributed by atoms with Crippen LogP contribution in [-0.4, -0.2) is 36.5 Å². The van der Waals surface area contributed by atoms with Crippen molar-refractivity contribution in [3.8, 4) is 0 Å². The van der Waals surface area contributed by atoms with E-state index in [1.54, 1.807) is 0 Å². The summed E-state index contributed by atoms with van der Waals surface area (Å²) in [4.78, 5) is 14.8. The lowest BCUT2D eigenvalue weighted by Gasteiger charge is -2.27. The summed E-state index contributed by atoms with van der Waals surface area (Å²) < 4.78 is 5.84. The van der Waals surface area contributed by atoms with Crippen LogP contribution >= 0.6 is 12.4 Å². The number of nitrogens with zero attached hydrogens (tertiary/aromatic N) is 1. The van der Waals surface area contributed by atoms with E-state index in [0.29, 0.717) is 6.54 Å². The number of benzene rings is 1. The van der Waals surface area contributed by atoms with Crippen molar-refractivity contribution in [1.82, 2.24) is 10.2 Å². The summed E-state index contributed by atoms with van der Waals surface area (Å²) in [5.74, 6) is 0.814. The number of halogens is 1. The topological polar surface area (TPSA) is 71.5 Å². The van der Waals surface area contributed by atoms with Crippen molar-refractivity contribution in [3.05, 3.63) is 36.1 Å². The first-order valence-corrected chi connectivity index (χ1v) is 8.65. The van der Waals surface area contributed by atoms with Gasteiger partial charge in [0.25, 0.3) is 0 Å². The Labute approximate surface area is 155 Å². The van der Waals surface area contributed by atoms with Crippen molar-refractivity contribution in [2.45, 2.75) is 39.3 Å². The number of fused-ring (bicyclic) bond motifs is 1. The van der Waals surface area contributed by atoms with Gasteiger partial charge in [-0.15, -0.1) is 12.4 Å². The minimum Gasteiger partial charge on any atom is -0.459 e. The van der Waals surface area contributed by atoms with Crippen LogP contribution in [0.2, 0.25) is 0 Å². The predicted octanol–water partition coefficient (Wildman–Crippen LogP) is 3.09. The quantitative estimate of drug-likeness (QED) is 0.854. The number of carbonyl (C=O) groups excluding carboxylic acids is 1. The van der Waals surface area contributed by atoms with Gasteiger partial charge in [-0.3, -0.25) is 9.69 Å². The van der Waals surface area contributed by atoms with Crippen LogP contribution < -0.4 is 11.1 Å². The van der Waals surface area contributed by atoms with Gasteiger partial charge in [0.05, 0.1) is 12.1 Å². The third-order valence-corrected chi connectivity index (χ3v) is 5.24. The summed E-state index contributed by atoms with van der Waals surface area (Å²) >= 11 is 0. The van der Waals surface area contributed by atoms with Gasteiger partial charge < -0.3 is 15.5 Å². The molecule has 1 amide bonds. The van der Waals surface area contributed by atoms with Crippen LogP contribution in [-0.2, 0) is 4.79 Å². The molecule has 1 saturated heterocycles. The molecule has 1 aromatic carbocycles. The number of para-hydroxylation sites is 1. The summed E-state index contributed by atoms with van der Waals surface area (Å²) in [6, 6.07) is 9.55. The largest absolute Gasteiger partial charge is 0.459 e. The van der Waals surface area contributed by atoms with E-state index in [1.807, 2.05) is 44.2 Å².